The molecule has 4 rings (SSSR count). The fraction of sp³-hybridized carbons (Fsp3) is 0.471. The zero-order valence-electron chi connectivity index (χ0n) is 13.5. The van der Waals surface area contributed by atoms with Crippen molar-refractivity contribution < 1.29 is 0 Å². The van der Waals surface area contributed by atoms with Crippen molar-refractivity contribution in [2.75, 3.05) is 19.0 Å². The lowest BCUT2D eigenvalue weighted by Gasteiger charge is -2.23. The average Bonchev–Trinajstić information content (AvgIpc) is 2.95. The maximum Gasteiger partial charge on any atom is 0.277 e. The third-order valence-electron chi connectivity index (χ3n) is 4.86. The quantitative estimate of drug-likeness (QED) is 0.790. The number of rotatable bonds is 2. The molecule has 23 heavy (non-hydrogen) atoms. The lowest BCUT2D eigenvalue weighted by atomic mass is 9.95. The highest BCUT2D eigenvalue weighted by Crippen LogP contribution is 2.30. The molecule has 1 aliphatic rings. The molecule has 0 saturated heterocycles. The standard InChI is InChI=1S/C17H21N5O/c1-21(2)12-8-9-18-16-13(12)14-15(20-16)17(23)22(10-19-14)11-6-4-3-5-7-11/h8-11H,3-7H2,1-2H3,(H,18,20). The molecular formula is C17H21N5O. The first-order valence-corrected chi connectivity index (χ1v) is 8.21. The van der Waals surface area contributed by atoms with E-state index in [1.165, 1.54) is 19.3 Å². The highest BCUT2D eigenvalue weighted by Gasteiger charge is 2.20. The summed E-state index contributed by atoms with van der Waals surface area (Å²) in [5, 5.41) is 0.917. The first-order chi connectivity index (χ1) is 11.2. The SMILES string of the molecule is CN(C)c1ccnc2[nH]c3c(=O)n(C4CCCCC4)cnc3c12. The van der Waals surface area contributed by atoms with E-state index >= 15 is 0 Å². The van der Waals surface area contributed by atoms with Gasteiger partial charge < -0.3 is 9.88 Å². The van der Waals surface area contributed by atoms with Crippen molar-refractivity contribution in [1.29, 1.82) is 0 Å². The van der Waals surface area contributed by atoms with Crippen molar-refractivity contribution in [2.24, 2.45) is 0 Å². The monoisotopic (exact) mass is 311 g/mol. The van der Waals surface area contributed by atoms with Gasteiger partial charge >= 0.3 is 0 Å². The van der Waals surface area contributed by atoms with Crippen molar-refractivity contribution in [3.8, 4) is 0 Å². The van der Waals surface area contributed by atoms with Crippen LogP contribution in [0.25, 0.3) is 22.1 Å². The molecular weight excluding hydrogens is 290 g/mol. The van der Waals surface area contributed by atoms with E-state index in [1.807, 2.05) is 29.6 Å². The first-order valence-electron chi connectivity index (χ1n) is 8.21. The molecule has 1 N–H and O–H groups in total. The Morgan fingerprint density at radius 2 is 2.00 bits per heavy atom. The summed E-state index contributed by atoms with van der Waals surface area (Å²) in [5.41, 5.74) is 3.04. The van der Waals surface area contributed by atoms with E-state index in [-0.39, 0.29) is 11.6 Å². The Bertz CT molecular complexity index is 918. The Kier molecular flexibility index (Phi) is 3.32. The summed E-state index contributed by atoms with van der Waals surface area (Å²) in [7, 11) is 3.97. The summed E-state index contributed by atoms with van der Waals surface area (Å²) in [5.74, 6) is 0. The maximum atomic E-state index is 12.9. The van der Waals surface area contributed by atoms with Crippen LogP contribution < -0.4 is 10.5 Å². The molecule has 0 atom stereocenters. The minimum Gasteiger partial charge on any atom is -0.377 e. The molecule has 0 spiro atoms. The second kappa shape index (κ2) is 5.37. The van der Waals surface area contributed by atoms with Gasteiger partial charge in [-0.05, 0) is 18.9 Å². The Morgan fingerprint density at radius 3 is 2.74 bits per heavy atom. The van der Waals surface area contributed by atoms with E-state index in [4.69, 9.17) is 0 Å². The predicted molar refractivity (Wildman–Crippen MR) is 92.1 cm³/mol. The van der Waals surface area contributed by atoms with Gasteiger partial charge in [-0.2, -0.15) is 0 Å². The number of fused-ring (bicyclic) bond motifs is 3. The van der Waals surface area contributed by atoms with E-state index in [0.29, 0.717) is 11.0 Å². The maximum absolute atomic E-state index is 12.9. The van der Waals surface area contributed by atoms with Gasteiger partial charge in [-0.3, -0.25) is 9.36 Å². The number of pyridine rings is 1. The van der Waals surface area contributed by atoms with Crippen LogP contribution in [0.15, 0.2) is 23.4 Å². The zero-order chi connectivity index (χ0) is 16.0. The van der Waals surface area contributed by atoms with Crippen LogP contribution in [0.5, 0.6) is 0 Å². The number of nitrogens with zero attached hydrogens (tertiary/aromatic N) is 4. The topological polar surface area (TPSA) is 66.8 Å². The Balaban J connectivity index is 1.96. The van der Waals surface area contributed by atoms with Crippen molar-refractivity contribution in [1.82, 2.24) is 19.5 Å². The summed E-state index contributed by atoms with van der Waals surface area (Å²) in [6.45, 7) is 0. The molecule has 1 fully saturated rings. The molecule has 1 aliphatic carbocycles. The molecule has 3 aromatic heterocycles. The van der Waals surface area contributed by atoms with Crippen LogP contribution in [0.1, 0.15) is 38.1 Å². The fourth-order valence-corrected chi connectivity index (χ4v) is 3.66. The fourth-order valence-electron chi connectivity index (χ4n) is 3.66. The van der Waals surface area contributed by atoms with Crippen molar-refractivity contribution in [3.63, 3.8) is 0 Å². The molecule has 3 aromatic rings. The van der Waals surface area contributed by atoms with Gasteiger partial charge in [0.2, 0.25) is 0 Å². The average molecular weight is 311 g/mol. The van der Waals surface area contributed by atoms with Crippen LogP contribution in [0, 0.1) is 0 Å². The largest absolute Gasteiger partial charge is 0.377 e. The lowest BCUT2D eigenvalue weighted by Crippen LogP contribution is -2.26. The molecule has 0 radical (unpaired) electrons. The van der Waals surface area contributed by atoms with Crippen molar-refractivity contribution >= 4 is 27.8 Å². The number of H-pyrrole nitrogens is 1. The second-order valence-corrected chi connectivity index (χ2v) is 6.55. The van der Waals surface area contributed by atoms with E-state index in [0.717, 1.165) is 29.6 Å². The molecule has 3 heterocycles. The number of anilines is 1. The van der Waals surface area contributed by atoms with Crippen LogP contribution >= 0.6 is 0 Å². The summed E-state index contributed by atoms with van der Waals surface area (Å²) < 4.78 is 1.81. The number of hydrogen-bond acceptors (Lipinski definition) is 4. The number of nitrogens with one attached hydrogen (secondary N) is 1. The van der Waals surface area contributed by atoms with Gasteiger partial charge in [0.25, 0.3) is 5.56 Å². The lowest BCUT2D eigenvalue weighted by molar-refractivity contribution is 0.345. The summed E-state index contributed by atoms with van der Waals surface area (Å²) >= 11 is 0. The normalized spacial score (nSPS) is 16.3. The van der Waals surface area contributed by atoms with E-state index in [9.17, 15) is 4.79 Å². The van der Waals surface area contributed by atoms with E-state index in [1.54, 1.807) is 12.5 Å². The summed E-state index contributed by atoms with van der Waals surface area (Å²) in [6.07, 6.45) is 9.25. The Morgan fingerprint density at radius 1 is 1.22 bits per heavy atom. The number of aromatic amines is 1. The molecule has 0 aromatic carbocycles. The molecule has 120 valence electrons. The molecule has 0 bridgehead atoms. The van der Waals surface area contributed by atoms with Gasteiger partial charge in [-0.15, -0.1) is 0 Å². The smallest absolute Gasteiger partial charge is 0.277 e. The van der Waals surface area contributed by atoms with Gasteiger partial charge in [-0.25, -0.2) is 9.97 Å². The van der Waals surface area contributed by atoms with Gasteiger partial charge in [-0.1, -0.05) is 19.3 Å². The third-order valence-corrected chi connectivity index (χ3v) is 4.86. The summed E-state index contributed by atoms with van der Waals surface area (Å²) in [6, 6.07) is 2.23. The zero-order valence-corrected chi connectivity index (χ0v) is 13.5. The Hall–Kier alpha value is -2.37. The van der Waals surface area contributed by atoms with Crippen LogP contribution in [-0.4, -0.2) is 33.6 Å². The molecule has 0 unspecified atom stereocenters. The van der Waals surface area contributed by atoms with Gasteiger partial charge in [0, 0.05) is 26.3 Å². The molecule has 0 aliphatic heterocycles. The molecule has 0 amide bonds. The van der Waals surface area contributed by atoms with Gasteiger partial charge in [0.15, 0.2) is 0 Å². The van der Waals surface area contributed by atoms with Gasteiger partial charge in [0.1, 0.15) is 16.7 Å². The van der Waals surface area contributed by atoms with Crippen molar-refractivity contribution in [2.45, 2.75) is 38.1 Å². The summed E-state index contributed by atoms with van der Waals surface area (Å²) in [4.78, 5) is 27.1. The van der Waals surface area contributed by atoms with Crippen molar-refractivity contribution in [3.05, 3.63) is 28.9 Å². The highest BCUT2D eigenvalue weighted by atomic mass is 16.1. The molecule has 6 heteroatoms. The van der Waals surface area contributed by atoms with Crippen LogP contribution in [0.3, 0.4) is 0 Å². The van der Waals surface area contributed by atoms with Crippen LogP contribution in [0.2, 0.25) is 0 Å². The van der Waals surface area contributed by atoms with E-state index in [2.05, 4.69) is 15.0 Å². The minimum atomic E-state index is 0.0182. The van der Waals surface area contributed by atoms with Gasteiger partial charge in [0.05, 0.1) is 17.4 Å². The van der Waals surface area contributed by atoms with Crippen LogP contribution in [-0.2, 0) is 0 Å². The van der Waals surface area contributed by atoms with Crippen LogP contribution in [0.4, 0.5) is 5.69 Å². The first kappa shape index (κ1) is 14.2. The highest BCUT2D eigenvalue weighted by molar-refractivity contribution is 6.09. The Labute approximate surface area is 134 Å². The predicted octanol–water partition coefficient (Wildman–Crippen LogP) is 2.84. The second-order valence-electron chi connectivity index (χ2n) is 6.55. The number of aromatic nitrogens is 4. The molecule has 1 saturated carbocycles. The molecule has 6 nitrogen and oxygen atoms in total. The van der Waals surface area contributed by atoms with E-state index < -0.39 is 0 Å². The third kappa shape index (κ3) is 2.20. The number of hydrogen-bond donors (Lipinski definition) is 1. The minimum absolute atomic E-state index is 0.0182.